The van der Waals surface area contributed by atoms with Gasteiger partial charge >= 0.3 is 0 Å². The first-order valence-electron chi connectivity index (χ1n) is 8.35. The Bertz CT molecular complexity index is 533. The van der Waals surface area contributed by atoms with E-state index in [2.05, 4.69) is 0 Å². The van der Waals surface area contributed by atoms with Gasteiger partial charge in [0.1, 0.15) is 6.10 Å². The van der Waals surface area contributed by atoms with Crippen molar-refractivity contribution in [1.82, 2.24) is 4.90 Å². The normalized spacial score (nSPS) is 25.5. The fourth-order valence-corrected chi connectivity index (χ4v) is 2.90. The van der Waals surface area contributed by atoms with Crippen LogP contribution < -0.4 is 0 Å². The standard InChI is InChI=1S/C19H26ClNO3/c1-21(2)19(22)18-11-7-6-10-16(20)17(24-18)12-13-23-14-15-8-4-3-5-9-15/h3-9,16-18H,10-14H2,1-2H3/b7-6-/t16-,17-,18+/m0/s1. The van der Waals surface area contributed by atoms with Gasteiger partial charge in [-0.05, 0) is 18.4 Å². The van der Waals surface area contributed by atoms with Crippen LogP contribution in [0.15, 0.2) is 42.5 Å². The Morgan fingerprint density at radius 2 is 1.96 bits per heavy atom. The summed E-state index contributed by atoms with van der Waals surface area (Å²) in [5, 5.41) is -0.153. The van der Waals surface area contributed by atoms with E-state index in [4.69, 9.17) is 21.1 Å². The summed E-state index contributed by atoms with van der Waals surface area (Å²) in [6, 6.07) is 10.0. The fraction of sp³-hybridized carbons (Fsp3) is 0.526. The van der Waals surface area contributed by atoms with Gasteiger partial charge in [0.15, 0.2) is 0 Å². The molecule has 0 fully saturated rings. The molecular weight excluding hydrogens is 326 g/mol. The molecule has 0 aliphatic carbocycles. The van der Waals surface area contributed by atoms with Crippen molar-refractivity contribution in [1.29, 1.82) is 0 Å². The Labute approximate surface area is 149 Å². The van der Waals surface area contributed by atoms with Crippen molar-refractivity contribution in [3.63, 3.8) is 0 Å². The lowest BCUT2D eigenvalue weighted by molar-refractivity contribution is -0.146. The summed E-state index contributed by atoms with van der Waals surface area (Å²) >= 11 is 6.45. The number of rotatable bonds is 6. The largest absolute Gasteiger partial charge is 0.377 e. The number of carbonyl (C=O) groups excluding carboxylic acids is 1. The van der Waals surface area contributed by atoms with Crippen LogP contribution in [0.25, 0.3) is 0 Å². The lowest BCUT2D eigenvalue weighted by Gasteiger charge is -2.29. The molecule has 0 spiro atoms. The molecule has 0 aromatic heterocycles. The van der Waals surface area contributed by atoms with E-state index < -0.39 is 6.10 Å². The number of ether oxygens (including phenoxy) is 2. The molecule has 132 valence electrons. The number of amides is 1. The number of alkyl halides is 1. The Kier molecular flexibility index (Phi) is 7.76. The first-order chi connectivity index (χ1) is 11.6. The number of hydrogen-bond acceptors (Lipinski definition) is 3. The summed E-state index contributed by atoms with van der Waals surface area (Å²) in [4.78, 5) is 13.8. The smallest absolute Gasteiger partial charge is 0.251 e. The van der Waals surface area contributed by atoms with Gasteiger partial charge in [-0.25, -0.2) is 0 Å². The number of allylic oxidation sites excluding steroid dienone is 1. The minimum Gasteiger partial charge on any atom is -0.377 e. The van der Waals surface area contributed by atoms with Crippen molar-refractivity contribution in [2.24, 2.45) is 0 Å². The zero-order valence-corrected chi connectivity index (χ0v) is 15.1. The van der Waals surface area contributed by atoms with E-state index in [1.165, 1.54) is 0 Å². The first-order valence-corrected chi connectivity index (χ1v) is 8.79. The maximum Gasteiger partial charge on any atom is 0.251 e. The molecule has 0 unspecified atom stereocenters. The molecule has 0 radical (unpaired) electrons. The van der Waals surface area contributed by atoms with Gasteiger partial charge in [0, 0.05) is 27.1 Å². The number of halogens is 1. The molecule has 2 rings (SSSR count). The van der Waals surface area contributed by atoms with Gasteiger partial charge in [-0.1, -0.05) is 42.5 Å². The van der Waals surface area contributed by atoms with Crippen LogP contribution in [0.4, 0.5) is 0 Å². The van der Waals surface area contributed by atoms with Crippen LogP contribution in [0.3, 0.4) is 0 Å². The average molecular weight is 352 g/mol. The monoisotopic (exact) mass is 351 g/mol. The molecule has 1 amide bonds. The molecule has 1 aromatic rings. The SMILES string of the molecule is CN(C)C(=O)[C@H]1C/C=C\C[C@H](Cl)[C@H](CCOCc2ccccc2)O1. The van der Waals surface area contributed by atoms with Crippen LogP contribution in [0.2, 0.25) is 0 Å². The number of carbonyl (C=O) groups is 1. The average Bonchev–Trinajstić information content (AvgIpc) is 2.57. The number of hydrogen-bond donors (Lipinski definition) is 0. The van der Waals surface area contributed by atoms with Crippen LogP contribution in [-0.4, -0.2) is 49.1 Å². The quantitative estimate of drug-likeness (QED) is 0.448. The summed E-state index contributed by atoms with van der Waals surface area (Å²) in [5.74, 6) is -0.0272. The van der Waals surface area contributed by atoms with E-state index in [0.29, 0.717) is 26.1 Å². The Morgan fingerprint density at radius 1 is 1.25 bits per heavy atom. The maximum absolute atomic E-state index is 12.2. The molecule has 3 atom stereocenters. The third-order valence-corrected chi connectivity index (χ3v) is 4.45. The van der Waals surface area contributed by atoms with Gasteiger partial charge in [0.2, 0.25) is 0 Å². The molecule has 0 saturated heterocycles. The molecule has 5 heteroatoms. The summed E-state index contributed by atoms with van der Waals surface area (Å²) in [5.41, 5.74) is 1.14. The molecule has 24 heavy (non-hydrogen) atoms. The van der Waals surface area contributed by atoms with Crippen molar-refractivity contribution in [3.05, 3.63) is 48.0 Å². The minimum atomic E-state index is -0.475. The van der Waals surface area contributed by atoms with Crippen LogP contribution in [0.1, 0.15) is 24.8 Å². The molecule has 1 aliphatic heterocycles. The maximum atomic E-state index is 12.2. The highest BCUT2D eigenvalue weighted by Crippen LogP contribution is 2.22. The lowest BCUT2D eigenvalue weighted by atomic mass is 10.1. The van der Waals surface area contributed by atoms with E-state index in [1.54, 1.807) is 19.0 Å². The van der Waals surface area contributed by atoms with E-state index in [9.17, 15) is 4.79 Å². The molecule has 1 aromatic carbocycles. The van der Waals surface area contributed by atoms with Crippen molar-refractivity contribution >= 4 is 17.5 Å². The second kappa shape index (κ2) is 9.82. The third-order valence-electron chi connectivity index (χ3n) is 4.00. The summed E-state index contributed by atoms with van der Waals surface area (Å²) in [6.07, 6.45) is 5.34. The third kappa shape index (κ3) is 5.93. The highest BCUT2D eigenvalue weighted by atomic mass is 35.5. The predicted molar refractivity (Wildman–Crippen MR) is 96.1 cm³/mol. The van der Waals surface area contributed by atoms with E-state index in [0.717, 1.165) is 12.0 Å². The van der Waals surface area contributed by atoms with Gasteiger partial charge in [-0.2, -0.15) is 0 Å². The van der Waals surface area contributed by atoms with Gasteiger partial charge in [0.05, 0.1) is 18.1 Å². The molecule has 0 saturated carbocycles. The Morgan fingerprint density at radius 3 is 2.67 bits per heavy atom. The van der Waals surface area contributed by atoms with Crippen LogP contribution in [0.5, 0.6) is 0 Å². The zero-order chi connectivity index (χ0) is 17.4. The van der Waals surface area contributed by atoms with E-state index in [-0.39, 0.29) is 17.4 Å². The highest BCUT2D eigenvalue weighted by molar-refractivity contribution is 6.21. The molecule has 0 bridgehead atoms. The van der Waals surface area contributed by atoms with Crippen molar-refractivity contribution in [2.75, 3.05) is 20.7 Å². The summed E-state index contributed by atoms with van der Waals surface area (Å²) in [7, 11) is 3.48. The lowest BCUT2D eigenvalue weighted by Crippen LogP contribution is -2.41. The number of nitrogens with zero attached hydrogens (tertiary/aromatic N) is 1. The summed E-state index contributed by atoms with van der Waals surface area (Å²) in [6.45, 7) is 1.12. The van der Waals surface area contributed by atoms with Crippen LogP contribution in [0, 0.1) is 0 Å². The zero-order valence-electron chi connectivity index (χ0n) is 14.4. The molecular formula is C19H26ClNO3. The van der Waals surface area contributed by atoms with Gasteiger partial charge in [0.25, 0.3) is 5.91 Å². The second-order valence-electron chi connectivity index (χ2n) is 6.18. The highest BCUT2D eigenvalue weighted by Gasteiger charge is 2.29. The van der Waals surface area contributed by atoms with Crippen molar-refractivity contribution < 1.29 is 14.3 Å². The van der Waals surface area contributed by atoms with E-state index in [1.807, 2.05) is 42.5 Å². The summed E-state index contributed by atoms with van der Waals surface area (Å²) < 4.78 is 11.8. The molecule has 1 aliphatic rings. The van der Waals surface area contributed by atoms with Crippen LogP contribution >= 0.6 is 11.6 Å². The molecule has 0 N–H and O–H groups in total. The Hall–Kier alpha value is -1.36. The van der Waals surface area contributed by atoms with Gasteiger partial charge < -0.3 is 14.4 Å². The van der Waals surface area contributed by atoms with Gasteiger partial charge in [-0.15, -0.1) is 11.6 Å². The molecule has 1 heterocycles. The number of benzene rings is 1. The Balaban J connectivity index is 1.86. The first kappa shape index (κ1) is 19.0. The number of likely N-dealkylation sites (N-methyl/N-ethyl adjacent to an activating group) is 1. The van der Waals surface area contributed by atoms with Crippen molar-refractivity contribution in [3.8, 4) is 0 Å². The predicted octanol–water partition coefficient (Wildman–Crippen LogP) is 3.39. The van der Waals surface area contributed by atoms with E-state index >= 15 is 0 Å². The van der Waals surface area contributed by atoms with Crippen LogP contribution in [-0.2, 0) is 20.9 Å². The van der Waals surface area contributed by atoms with Gasteiger partial charge in [-0.3, -0.25) is 4.79 Å². The minimum absolute atomic E-state index is 0.0272. The topological polar surface area (TPSA) is 38.8 Å². The van der Waals surface area contributed by atoms with Crippen molar-refractivity contribution in [2.45, 2.75) is 43.5 Å². The molecule has 4 nitrogen and oxygen atoms in total. The fourth-order valence-electron chi connectivity index (χ4n) is 2.61. The second-order valence-corrected chi connectivity index (χ2v) is 6.74.